The molecule has 41 heavy (non-hydrogen) atoms. The number of carbonyl (C=O) groups is 5. The average Bonchev–Trinajstić information content (AvgIpc) is 2.92. The minimum Gasteiger partial charge on any atom is -0.391 e. The highest BCUT2D eigenvalue weighted by Crippen LogP contribution is 2.08. The summed E-state index contributed by atoms with van der Waals surface area (Å²) in [6, 6.07) is 3.72. The first-order valence-corrected chi connectivity index (χ1v) is 14.2. The second-order valence-electron chi connectivity index (χ2n) is 10.2. The number of benzene rings is 1. The van der Waals surface area contributed by atoms with E-state index in [9.17, 15) is 29.1 Å². The second-order valence-corrected chi connectivity index (χ2v) is 10.6. The molecule has 0 unspecified atom stereocenters. The number of rotatable bonds is 18. The van der Waals surface area contributed by atoms with Crippen LogP contribution in [0.3, 0.4) is 0 Å². The number of nitrogens with one attached hydrogen (secondary N) is 4. The van der Waals surface area contributed by atoms with Crippen LogP contribution in [0.4, 0.5) is 0 Å². The molecule has 0 aliphatic heterocycles. The lowest BCUT2D eigenvalue weighted by Gasteiger charge is -2.28. The van der Waals surface area contributed by atoms with E-state index in [4.69, 9.17) is 17.2 Å². The van der Waals surface area contributed by atoms with Crippen LogP contribution < -0.4 is 38.5 Å². The quantitative estimate of drug-likeness (QED) is 0.0684. The Bertz CT molecular complexity index is 1010. The van der Waals surface area contributed by atoms with Crippen LogP contribution in [0.5, 0.6) is 0 Å². The van der Waals surface area contributed by atoms with Crippen LogP contribution in [-0.4, -0.2) is 83.3 Å². The molecule has 1 rings (SSSR count). The smallest absolute Gasteiger partial charge is 0.244 e. The highest BCUT2D eigenvalue weighted by Gasteiger charge is 2.33. The summed E-state index contributed by atoms with van der Waals surface area (Å²) in [5.41, 5.74) is 17.8. The lowest BCUT2D eigenvalue weighted by Crippen LogP contribution is -2.61. The Labute approximate surface area is 246 Å². The minimum absolute atomic E-state index is 0.140. The minimum atomic E-state index is -1.37. The molecule has 6 atom stereocenters. The van der Waals surface area contributed by atoms with E-state index >= 15 is 0 Å². The van der Waals surface area contributed by atoms with Crippen molar-refractivity contribution < 1.29 is 29.1 Å². The molecular weight excluding hydrogens is 550 g/mol. The molecule has 0 radical (unpaired) electrons. The Morgan fingerprint density at radius 1 is 0.829 bits per heavy atom. The molecule has 5 amide bonds. The number of unbranched alkanes of at least 4 members (excludes halogenated alkanes) is 1. The Balaban J connectivity index is 2.97. The van der Waals surface area contributed by atoms with Gasteiger partial charge in [-0.05, 0) is 50.6 Å². The molecule has 11 N–H and O–H groups in total. The van der Waals surface area contributed by atoms with E-state index in [-0.39, 0.29) is 18.6 Å². The van der Waals surface area contributed by atoms with Gasteiger partial charge >= 0.3 is 0 Å². The molecule has 0 spiro atoms. The van der Waals surface area contributed by atoms with Crippen LogP contribution >= 0.6 is 12.6 Å². The first-order valence-electron chi connectivity index (χ1n) is 13.6. The van der Waals surface area contributed by atoms with E-state index in [0.717, 1.165) is 5.56 Å². The largest absolute Gasteiger partial charge is 0.391 e. The molecule has 230 valence electrons. The van der Waals surface area contributed by atoms with Gasteiger partial charge in [0.05, 0.1) is 12.1 Å². The maximum absolute atomic E-state index is 13.3. The molecule has 14 heteroatoms. The molecule has 13 nitrogen and oxygen atoms in total. The zero-order valence-corrected chi connectivity index (χ0v) is 24.7. The number of thiol groups is 1. The third-order valence-electron chi connectivity index (χ3n) is 6.36. The van der Waals surface area contributed by atoms with E-state index in [0.29, 0.717) is 19.4 Å². The predicted octanol–water partition coefficient (Wildman–Crippen LogP) is -1.92. The zero-order valence-electron chi connectivity index (χ0n) is 23.8. The second kappa shape index (κ2) is 18.3. The number of hydrogen-bond donors (Lipinski definition) is 9. The number of aliphatic hydroxyl groups excluding tert-OH is 1. The van der Waals surface area contributed by atoms with Gasteiger partial charge in [0.25, 0.3) is 0 Å². The van der Waals surface area contributed by atoms with Crippen LogP contribution in [-0.2, 0) is 30.4 Å². The first kappa shape index (κ1) is 35.8. The van der Waals surface area contributed by atoms with Gasteiger partial charge in [-0.2, -0.15) is 12.6 Å². The van der Waals surface area contributed by atoms with Gasteiger partial charge in [-0.15, -0.1) is 0 Å². The van der Waals surface area contributed by atoms with Crippen LogP contribution in [0.15, 0.2) is 30.3 Å². The Hall–Kier alpha value is -3.20. The third kappa shape index (κ3) is 12.5. The van der Waals surface area contributed by atoms with Gasteiger partial charge in [-0.25, -0.2) is 0 Å². The van der Waals surface area contributed by atoms with E-state index in [2.05, 4.69) is 33.9 Å². The molecule has 0 bridgehead atoms. The molecule has 0 heterocycles. The van der Waals surface area contributed by atoms with Crippen molar-refractivity contribution >= 4 is 42.2 Å². The van der Waals surface area contributed by atoms with Crippen molar-refractivity contribution in [3.63, 3.8) is 0 Å². The number of primary amides is 1. The fourth-order valence-electron chi connectivity index (χ4n) is 3.93. The van der Waals surface area contributed by atoms with Crippen LogP contribution in [0.2, 0.25) is 0 Å². The first-order chi connectivity index (χ1) is 19.3. The SMILES string of the molecule is CC(C)[C@H](NC(=O)[C@H](CCCCN)NC(=O)[C@@H](N)Cc1ccccc1)C(=O)N[C@@H](CS)C(=O)N[C@H](C(N)=O)[C@@H](C)O. The summed E-state index contributed by atoms with van der Waals surface area (Å²) in [5.74, 6) is -4.06. The van der Waals surface area contributed by atoms with Gasteiger partial charge in [-0.1, -0.05) is 44.2 Å². The monoisotopic (exact) mass is 595 g/mol. The van der Waals surface area contributed by atoms with Gasteiger partial charge in [0.1, 0.15) is 24.2 Å². The molecule has 0 saturated carbocycles. The summed E-state index contributed by atoms with van der Waals surface area (Å²) < 4.78 is 0. The fraction of sp³-hybridized carbons (Fsp3) is 0.593. The molecule has 0 aliphatic carbocycles. The van der Waals surface area contributed by atoms with Crippen LogP contribution in [0, 0.1) is 5.92 Å². The van der Waals surface area contributed by atoms with Crippen molar-refractivity contribution in [1.82, 2.24) is 21.3 Å². The number of aliphatic hydroxyl groups is 1. The summed E-state index contributed by atoms with van der Waals surface area (Å²) in [6.45, 7) is 5.10. The number of hydrogen-bond acceptors (Lipinski definition) is 9. The van der Waals surface area contributed by atoms with E-state index in [1.807, 2.05) is 30.3 Å². The highest BCUT2D eigenvalue weighted by molar-refractivity contribution is 7.80. The molecule has 0 aliphatic rings. The van der Waals surface area contributed by atoms with E-state index in [1.165, 1.54) is 6.92 Å². The summed E-state index contributed by atoms with van der Waals surface area (Å²) in [4.78, 5) is 63.5. The van der Waals surface area contributed by atoms with Crippen molar-refractivity contribution in [3.8, 4) is 0 Å². The Morgan fingerprint density at radius 2 is 1.39 bits per heavy atom. The van der Waals surface area contributed by atoms with Gasteiger partial charge in [-0.3, -0.25) is 24.0 Å². The summed E-state index contributed by atoms with van der Waals surface area (Å²) in [5, 5.41) is 19.9. The summed E-state index contributed by atoms with van der Waals surface area (Å²) in [7, 11) is 0. The summed E-state index contributed by atoms with van der Waals surface area (Å²) >= 11 is 4.11. The van der Waals surface area contributed by atoms with Crippen LogP contribution in [0.25, 0.3) is 0 Å². The predicted molar refractivity (Wildman–Crippen MR) is 158 cm³/mol. The fourth-order valence-corrected chi connectivity index (χ4v) is 4.19. The highest BCUT2D eigenvalue weighted by atomic mass is 32.1. The number of nitrogens with two attached hydrogens (primary N) is 3. The molecule has 1 aromatic rings. The molecule has 0 saturated heterocycles. The Morgan fingerprint density at radius 3 is 1.90 bits per heavy atom. The molecule has 1 aromatic carbocycles. The van der Waals surface area contributed by atoms with Crippen molar-refractivity contribution in [3.05, 3.63) is 35.9 Å². The van der Waals surface area contributed by atoms with Crippen molar-refractivity contribution in [2.75, 3.05) is 12.3 Å². The van der Waals surface area contributed by atoms with Gasteiger partial charge in [0, 0.05) is 5.75 Å². The lowest BCUT2D eigenvalue weighted by molar-refractivity contribution is -0.135. The van der Waals surface area contributed by atoms with Crippen molar-refractivity contribution in [1.29, 1.82) is 0 Å². The normalized spacial score (nSPS) is 15.5. The maximum atomic E-state index is 13.3. The third-order valence-corrected chi connectivity index (χ3v) is 6.73. The Kier molecular flexibility index (Phi) is 16.0. The molecule has 0 aromatic heterocycles. The van der Waals surface area contributed by atoms with E-state index in [1.54, 1.807) is 13.8 Å². The average molecular weight is 596 g/mol. The van der Waals surface area contributed by atoms with Gasteiger partial charge in [0.2, 0.25) is 29.5 Å². The summed E-state index contributed by atoms with van der Waals surface area (Å²) in [6.07, 6.45) is 0.464. The van der Waals surface area contributed by atoms with Crippen LogP contribution in [0.1, 0.15) is 45.6 Å². The molecular formula is C27H45N7O6S. The lowest BCUT2D eigenvalue weighted by atomic mass is 10.0. The maximum Gasteiger partial charge on any atom is 0.244 e. The van der Waals surface area contributed by atoms with Gasteiger partial charge < -0.3 is 43.6 Å². The van der Waals surface area contributed by atoms with E-state index < -0.39 is 71.8 Å². The standard InChI is InChI=1S/C27H45N7O6S/c1-15(2)21(27(40)32-20(14-41)26(39)34-22(16(3)35)23(30)36)33-25(38)19(11-7-8-12-28)31-24(37)18(29)13-17-9-5-4-6-10-17/h4-6,9-10,15-16,18-22,35,41H,7-8,11-14,28-29H2,1-3H3,(H2,30,36)(H,31,37)(H,32,40)(H,33,38)(H,34,39)/t16-,18+,19+,20+,21+,22+/m1/s1. The number of amides is 5. The van der Waals surface area contributed by atoms with Crippen molar-refractivity contribution in [2.24, 2.45) is 23.1 Å². The van der Waals surface area contributed by atoms with Gasteiger partial charge in [0.15, 0.2) is 0 Å². The van der Waals surface area contributed by atoms with Crippen molar-refractivity contribution in [2.45, 2.75) is 82.8 Å². The topological polar surface area (TPSA) is 232 Å². The number of carbonyl (C=O) groups excluding carboxylic acids is 5. The zero-order chi connectivity index (χ0) is 31.1. The molecule has 0 fully saturated rings.